The second-order valence-corrected chi connectivity index (χ2v) is 7.35. The number of benzene rings is 1. The van der Waals surface area contributed by atoms with Crippen molar-refractivity contribution in [2.45, 2.75) is 39.1 Å². The molecule has 1 aromatic rings. The Balaban J connectivity index is 2.23. The lowest BCUT2D eigenvalue weighted by molar-refractivity contribution is -0.176. The number of nitriles is 1. The quantitative estimate of drug-likeness (QED) is 0.773. The lowest BCUT2D eigenvalue weighted by Crippen LogP contribution is -2.57. The summed E-state index contributed by atoms with van der Waals surface area (Å²) in [7, 11) is 2.03. The molecule has 0 amide bonds. The fraction of sp³-hybridized carbons (Fsp3) is 0.476. The van der Waals surface area contributed by atoms with Gasteiger partial charge in [-0.25, -0.2) is 0 Å². The Morgan fingerprint density at radius 2 is 2.00 bits per heavy atom. The number of ether oxygens (including phenoxy) is 1. The molecule has 0 saturated carbocycles. The lowest BCUT2D eigenvalue weighted by Gasteiger charge is -2.49. The summed E-state index contributed by atoms with van der Waals surface area (Å²) in [4.78, 5) is 2.14. The summed E-state index contributed by atoms with van der Waals surface area (Å²) in [6.45, 7) is 7.35. The summed E-state index contributed by atoms with van der Waals surface area (Å²) >= 11 is 0. The van der Waals surface area contributed by atoms with Crippen LogP contribution in [0.3, 0.4) is 0 Å². The Labute approximate surface area is 151 Å². The van der Waals surface area contributed by atoms with Gasteiger partial charge in [0.1, 0.15) is 11.8 Å². The van der Waals surface area contributed by atoms with Crippen molar-refractivity contribution >= 4 is 0 Å². The summed E-state index contributed by atoms with van der Waals surface area (Å²) in [6, 6.07) is 12.7. The molecule has 2 N–H and O–H groups in total. The largest absolute Gasteiger partial charge is 0.351 e. The molecule has 2 rings (SSSR count). The predicted molar refractivity (Wildman–Crippen MR) is 101 cm³/mol. The SMILES string of the molecule is CC(OC1(C(C)(C)CN)C=CC=CC1C#N)N(C)Cc1ccccc1. The first-order chi connectivity index (χ1) is 11.9. The fourth-order valence-electron chi connectivity index (χ4n) is 3.21. The summed E-state index contributed by atoms with van der Waals surface area (Å²) in [5, 5.41) is 9.70. The van der Waals surface area contributed by atoms with E-state index in [1.54, 1.807) is 0 Å². The normalized spacial score (nSPS) is 24.3. The highest BCUT2D eigenvalue weighted by atomic mass is 16.5. The Hall–Kier alpha value is -1.93. The molecule has 0 spiro atoms. The third-order valence-electron chi connectivity index (χ3n) is 5.19. The molecule has 25 heavy (non-hydrogen) atoms. The van der Waals surface area contributed by atoms with E-state index in [2.05, 4.69) is 36.9 Å². The molecule has 1 aliphatic rings. The zero-order chi connectivity index (χ0) is 18.5. The van der Waals surface area contributed by atoms with E-state index in [0.29, 0.717) is 6.54 Å². The molecule has 0 fully saturated rings. The van der Waals surface area contributed by atoms with Gasteiger partial charge in [-0.05, 0) is 19.5 Å². The van der Waals surface area contributed by atoms with Crippen molar-refractivity contribution < 1.29 is 4.74 Å². The molecule has 0 aromatic heterocycles. The van der Waals surface area contributed by atoms with Gasteiger partial charge in [-0.1, -0.05) is 68.5 Å². The van der Waals surface area contributed by atoms with Gasteiger partial charge < -0.3 is 10.5 Å². The molecule has 3 unspecified atom stereocenters. The molecule has 134 valence electrons. The molecule has 4 nitrogen and oxygen atoms in total. The molecule has 4 heteroatoms. The fourth-order valence-corrected chi connectivity index (χ4v) is 3.21. The molecular weight excluding hydrogens is 310 g/mol. The van der Waals surface area contributed by atoms with Crippen LogP contribution in [-0.4, -0.2) is 30.3 Å². The minimum atomic E-state index is -0.754. The monoisotopic (exact) mass is 339 g/mol. The smallest absolute Gasteiger partial charge is 0.114 e. The molecule has 0 heterocycles. The van der Waals surface area contributed by atoms with Crippen LogP contribution in [0.2, 0.25) is 0 Å². The van der Waals surface area contributed by atoms with Crippen molar-refractivity contribution in [1.82, 2.24) is 4.90 Å². The highest BCUT2D eigenvalue weighted by Gasteiger charge is 2.50. The zero-order valence-corrected chi connectivity index (χ0v) is 15.6. The lowest BCUT2D eigenvalue weighted by atomic mass is 9.66. The van der Waals surface area contributed by atoms with Gasteiger partial charge in [0.15, 0.2) is 0 Å². The standard InChI is InChI=1S/C21H29N3O/c1-17(24(4)15-18-10-6-5-7-11-18)25-21(20(2,3)16-23)13-9-8-12-19(21)14-22/h5-13,17,19H,15-16,23H2,1-4H3. The summed E-state index contributed by atoms with van der Waals surface area (Å²) < 4.78 is 6.56. The molecule has 0 radical (unpaired) electrons. The number of hydrogen-bond acceptors (Lipinski definition) is 4. The van der Waals surface area contributed by atoms with E-state index >= 15 is 0 Å². The summed E-state index contributed by atoms with van der Waals surface area (Å²) in [5.74, 6) is -0.372. The Kier molecular flexibility index (Phi) is 6.18. The van der Waals surface area contributed by atoms with Gasteiger partial charge in [0.2, 0.25) is 0 Å². The summed E-state index contributed by atoms with van der Waals surface area (Å²) in [5.41, 5.74) is 6.15. The number of hydrogen-bond donors (Lipinski definition) is 1. The van der Waals surface area contributed by atoms with Crippen molar-refractivity contribution in [3.8, 4) is 6.07 Å². The average molecular weight is 339 g/mol. The molecule has 0 saturated heterocycles. The average Bonchev–Trinajstić information content (AvgIpc) is 2.62. The highest BCUT2D eigenvalue weighted by Crippen LogP contribution is 2.44. The molecule has 3 atom stereocenters. The van der Waals surface area contributed by atoms with Crippen LogP contribution in [0.15, 0.2) is 54.6 Å². The van der Waals surface area contributed by atoms with Crippen molar-refractivity contribution in [1.29, 1.82) is 5.26 Å². The first-order valence-corrected chi connectivity index (χ1v) is 8.74. The van der Waals surface area contributed by atoms with Gasteiger partial charge >= 0.3 is 0 Å². The minimum absolute atomic E-state index is 0.168. The number of nitrogens with two attached hydrogens (primary N) is 1. The molecule has 0 bridgehead atoms. The van der Waals surface area contributed by atoms with E-state index in [1.807, 2.05) is 56.5 Å². The second-order valence-electron chi connectivity index (χ2n) is 7.35. The van der Waals surface area contributed by atoms with Crippen LogP contribution in [0.5, 0.6) is 0 Å². The van der Waals surface area contributed by atoms with Crippen molar-refractivity contribution in [2.24, 2.45) is 17.1 Å². The Bertz CT molecular complexity index is 659. The van der Waals surface area contributed by atoms with Gasteiger partial charge in [-0.2, -0.15) is 5.26 Å². The predicted octanol–water partition coefficient (Wildman–Crippen LogP) is 3.47. The van der Waals surface area contributed by atoms with Gasteiger partial charge in [-0.3, -0.25) is 4.90 Å². The van der Waals surface area contributed by atoms with Crippen LogP contribution < -0.4 is 5.73 Å². The van der Waals surface area contributed by atoms with E-state index in [9.17, 15) is 5.26 Å². The van der Waals surface area contributed by atoms with E-state index < -0.39 is 5.60 Å². The first kappa shape index (κ1) is 19.4. The maximum atomic E-state index is 9.70. The van der Waals surface area contributed by atoms with E-state index in [4.69, 9.17) is 10.5 Å². The van der Waals surface area contributed by atoms with Crippen LogP contribution >= 0.6 is 0 Å². The van der Waals surface area contributed by atoms with Crippen LogP contribution in [0.4, 0.5) is 0 Å². The maximum Gasteiger partial charge on any atom is 0.114 e. The zero-order valence-electron chi connectivity index (χ0n) is 15.6. The number of allylic oxidation sites excluding steroid dienone is 2. The third kappa shape index (κ3) is 4.01. The van der Waals surface area contributed by atoms with Gasteiger partial charge in [0.25, 0.3) is 0 Å². The third-order valence-corrected chi connectivity index (χ3v) is 5.19. The molecule has 1 aromatic carbocycles. The van der Waals surface area contributed by atoms with Crippen LogP contribution in [-0.2, 0) is 11.3 Å². The van der Waals surface area contributed by atoms with Gasteiger partial charge in [-0.15, -0.1) is 0 Å². The number of nitrogens with zero attached hydrogens (tertiary/aromatic N) is 2. The topological polar surface area (TPSA) is 62.3 Å². The first-order valence-electron chi connectivity index (χ1n) is 8.74. The second kappa shape index (κ2) is 7.97. The number of rotatable bonds is 7. The van der Waals surface area contributed by atoms with Crippen LogP contribution in [0, 0.1) is 22.7 Å². The van der Waals surface area contributed by atoms with Crippen LogP contribution in [0.25, 0.3) is 0 Å². The molecule has 0 aliphatic heterocycles. The Morgan fingerprint density at radius 3 is 2.60 bits per heavy atom. The van der Waals surface area contributed by atoms with E-state index in [0.717, 1.165) is 6.54 Å². The van der Waals surface area contributed by atoms with E-state index in [1.165, 1.54) is 5.56 Å². The van der Waals surface area contributed by atoms with Crippen molar-refractivity contribution in [3.63, 3.8) is 0 Å². The van der Waals surface area contributed by atoms with Crippen LogP contribution in [0.1, 0.15) is 26.3 Å². The highest BCUT2D eigenvalue weighted by molar-refractivity contribution is 5.30. The minimum Gasteiger partial charge on any atom is -0.351 e. The van der Waals surface area contributed by atoms with Crippen molar-refractivity contribution in [2.75, 3.05) is 13.6 Å². The van der Waals surface area contributed by atoms with Gasteiger partial charge in [0, 0.05) is 18.5 Å². The van der Waals surface area contributed by atoms with Crippen molar-refractivity contribution in [3.05, 3.63) is 60.2 Å². The summed E-state index contributed by atoms with van der Waals surface area (Å²) in [6.07, 6.45) is 7.59. The molecule has 1 aliphatic carbocycles. The van der Waals surface area contributed by atoms with Gasteiger partial charge in [0.05, 0.1) is 12.0 Å². The van der Waals surface area contributed by atoms with E-state index in [-0.39, 0.29) is 17.6 Å². The maximum absolute atomic E-state index is 9.70. The Morgan fingerprint density at radius 1 is 1.32 bits per heavy atom. The molecular formula is C21H29N3O.